The highest BCUT2D eigenvalue weighted by molar-refractivity contribution is 7.16. The lowest BCUT2D eigenvalue weighted by Gasteiger charge is -2.13. The molecule has 2 aromatic rings. The van der Waals surface area contributed by atoms with Gasteiger partial charge in [0.2, 0.25) is 0 Å². The van der Waals surface area contributed by atoms with Crippen molar-refractivity contribution in [1.82, 2.24) is 14.5 Å². The number of aryl methyl sites for hydroxylation is 1. The molecule has 0 spiro atoms. The number of rotatable bonds is 2. The Bertz CT molecular complexity index is 732. The monoisotopic (exact) mass is 283 g/mol. The van der Waals surface area contributed by atoms with Crippen molar-refractivity contribution in [3.05, 3.63) is 25.8 Å². The lowest BCUT2D eigenvalue weighted by molar-refractivity contribution is -0.0214. The fraction of sp³-hybridized carbons (Fsp3) is 0.545. The Kier molecular flexibility index (Phi) is 3.00. The quantitative estimate of drug-likeness (QED) is 0.816. The standard InChI is InChI=1S/C11H13N3O4S/c1-5-12-9-8(10(16)13-5)19-11(17)14(9)7-3-2-6(4-15)18-7/h6-7,15H,2-4H2,1H3,(H,12,13,16)/t6-,7?/m0/s1. The predicted molar refractivity (Wildman–Crippen MR) is 69.5 cm³/mol. The number of hydrogen-bond donors (Lipinski definition) is 2. The maximum absolute atomic E-state index is 12.0. The van der Waals surface area contributed by atoms with E-state index in [1.165, 1.54) is 4.57 Å². The predicted octanol–water partition coefficient (Wildman–Crippen LogP) is 0.125. The molecular formula is C11H13N3O4S. The first-order chi connectivity index (χ1) is 9.10. The van der Waals surface area contributed by atoms with Crippen LogP contribution in [0.25, 0.3) is 10.3 Å². The second-order valence-electron chi connectivity index (χ2n) is 4.51. The van der Waals surface area contributed by atoms with Gasteiger partial charge in [-0.15, -0.1) is 0 Å². The van der Waals surface area contributed by atoms with E-state index in [0.29, 0.717) is 29.0 Å². The van der Waals surface area contributed by atoms with Gasteiger partial charge in [0.05, 0.1) is 12.7 Å². The molecule has 2 N–H and O–H groups in total. The van der Waals surface area contributed by atoms with E-state index in [1.807, 2.05) is 0 Å². The van der Waals surface area contributed by atoms with Gasteiger partial charge >= 0.3 is 4.87 Å². The molecule has 1 aliphatic heterocycles. The van der Waals surface area contributed by atoms with Crippen LogP contribution in [-0.4, -0.2) is 32.4 Å². The van der Waals surface area contributed by atoms with Gasteiger partial charge in [-0.25, -0.2) is 4.98 Å². The highest BCUT2D eigenvalue weighted by Gasteiger charge is 2.29. The van der Waals surface area contributed by atoms with Crippen LogP contribution in [0, 0.1) is 6.92 Å². The van der Waals surface area contributed by atoms with Gasteiger partial charge in [0.25, 0.3) is 5.56 Å². The van der Waals surface area contributed by atoms with Gasteiger partial charge in [-0.1, -0.05) is 11.3 Å². The molecule has 1 saturated heterocycles. The van der Waals surface area contributed by atoms with E-state index in [2.05, 4.69) is 9.97 Å². The van der Waals surface area contributed by atoms with Crippen LogP contribution < -0.4 is 10.4 Å². The Hall–Kier alpha value is -1.51. The third-order valence-electron chi connectivity index (χ3n) is 3.17. The Morgan fingerprint density at radius 3 is 3.00 bits per heavy atom. The molecule has 8 heteroatoms. The van der Waals surface area contributed by atoms with Gasteiger partial charge in [0.1, 0.15) is 16.8 Å². The molecule has 1 aliphatic rings. The summed E-state index contributed by atoms with van der Waals surface area (Å²) in [6.45, 7) is 1.60. The number of hydrogen-bond acceptors (Lipinski definition) is 6. The lowest BCUT2D eigenvalue weighted by Crippen LogP contribution is -2.22. The molecule has 0 aromatic carbocycles. The summed E-state index contributed by atoms with van der Waals surface area (Å²) < 4.78 is 7.32. The number of ether oxygens (including phenoxy) is 1. The molecule has 19 heavy (non-hydrogen) atoms. The largest absolute Gasteiger partial charge is 0.394 e. The van der Waals surface area contributed by atoms with Crippen LogP contribution in [0.5, 0.6) is 0 Å². The molecule has 3 heterocycles. The molecule has 0 radical (unpaired) electrons. The molecule has 3 rings (SSSR count). The summed E-state index contributed by atoms with van der Waals surface area (Å²) in [4.78, 5) is 30.4. The Labute approximate surface area is 111 Å². The van der Waals surface area contributed by atoms with Crippen LogP contribution in [0.4, 0.5) is 0 Å². The molecule has 0 saturated carbocycles. The number of aromatic nitrogens is 3. The number of H-pyrrole nitrogens is 1. The Balaban J connectivity index is 2.16. The van der Waals surface area contributed by atoms with E-state index in [9.17, 15) is 9.59 Å². The smallest absolute Gasteiger partial charge is 0.311 e. The number of nitrogens with one attached hydrogen (secondary N) is 1. The lowest BCUT2D eigenvalue weighted by atomic mass is 10.2. The first-order valence-electron chi connectivity index (χ1n) is 5.98. The number of fused-ring (bicyclic) bond motifs is 1. The minimum Gasteiger partial charge on any atom is -0.394 e. The molecule has 1 unspecified atom stereocenters. The van der Waals surface area contributed by atoms with Gasteiger partial charge in [0, 0.05) is 0 Å². The Morgan fingerprint density at radius 1 is 1.53 bits per heavy atom. The average molecular weight is 283 g/mol. The zero-order valence-corrected chi connectivity index (χ0v) is 11.1. The van der Waals surface area contributed by atoms with Crippen molar-refractivity contribution in [2.45, 2.75) is 32.1 Å². The second-order valence-corrected chi connectivity index (χ2v) is 5.48. The van der Waals surface area contributed by atoms with E-state index in [1.54, 1.807) is 6.92 Å². The van der Waals surface area contributed by atoms with Crippen molar-refractivity contribution in [2.24, 2.45) is 0 Å². The number of thiazole rings is 1. The zero-order valence-electron chi connectivity index (χ0n) is 10.3. The molecule has 102 valence electrons. The Morgan fingerprint density at radius 2 is 2.32 bits per heavy atom. The van der Waals surface area contributed by atoms with Crippen molar-refractivity contribution in [1.29, 1.82) is 0 Å². The fourth-order valence-electron chi connectivity index (χ4n) is 2.30. The number of nitrogens with zero attached hydrogens (tertiary/aromatic N) is 2. The van der Waals surface area contributed by atoms with Crippen LogP contribution in [-0.2, 0) is 4.74 Å². The molecule has 2 aromatic heterocycles. The first-order valence-corrected chi connectivity index (χ1v) is 6.80. The summed E-state index contributed by atoms with van der Waals surface area (Å²) >= 11 is 0.868. The SMILES string of the molecule is Cc1nc2c(sc(=O)n2C2CC[C@@H](CO)O2)c(=O)[nH]1. The number of aliphatic hydroxyl groups is 1. The van der Waals surface area contributed by atoms with E-state index < -0.39 is 6.23 Å². The van der Waals surface area contributed by atoms with Gasteiger partial charge in [-0.3, -0.25) is 14.2 Å². The second kappa shape index (κ2) is 4.55. The normalized spacial score (nSPS) is 23.3. The molecule has 2 atom stereocenters. The number of aromatic amines is 1. The van der Waals surface area contributed by atoms with Crippen molar-refractivity contribution in [2.75, 3.05) is 6.61 Å². The number of aliphatic hydroxyl groups excluding tert-OH is 1. The summed E-state index contributed by atoms with van der Waals surface area (Å²) in [7, 11) is 0. The topological polar surface area (TPSA) is 97.2 Å². The average Bonchev–Trinajstić information content (AvgIpc) is 2.93. The third kappa shape index (κ3) is 2.01. The first kappa shape index (κ1) is 12.5. The van der Waals surface area contributed by atoms with Gasteiger partial charge in [0.15, 0.2) is 5.65 Å². The van der Waals surface area contributed by atoms with E-state index in [0.717, 1.165) is 11.3 Å². The van der Waals surface area contributed by atoms with E-state index in [-0.39, 0.29) is 23.1 Å². The minimum absolute atomic E-state index is 0.0691. The summed E-state index contributed by atoms with van der Waals surface area (Å²) in [6, 6.07) is 0. The van der Waals surface area contributed by atoms with E-state index in [4.69, 9.17) is 9.84 Å². The van der Waals surface area contributed by atoms with E-state index >= 15 is 0 Å². The van der Waals surface area contributed by atoms with Crippen LogP contribution >= 0.6 is 11.3 Å². The highest BCUT2D eigenvalue weighted by atomic mass is 32.1. The maximum atomic E-state index is 12.0. The zero-order chi connectivity index (χ0) is 13.6. The van der Waals surface area contributed by atoms with Crippen molar-refractivity contribution < 1.29 is 9.84 Å². The molecule has 0 amide bonds. The van der Waals surface area contributed by atoms with Crippen LogP contribution in [0.15, 0.2) is 9.59 Å². The summed E-state index contributed by atoms with van der Waals surface area (Å²) in [5.41, 5.74) is 0.0555. The van der Waals surface area contributed by atoms with Crippen LogP contribution in [0.1, 0.15) is 24.9 Å². The van der Waals surface area contributed by atoms with Crippen LogP contribution in [0.3, 0.4) is 0 Å². The van der Waals surface area contributed by atoms with Crippen LogP contribution in [0.2, 0.25) is 0 Å². The fourth-order valence-corrected chi connectivity index (χ4v) is 3.16. The summed E-state index contributed by atoms with van der Waals surface area (Å²) in [5, 5.41) is 9.07. The summed E-state index contributed by atoms with van der Waals surface area (Å²) in [5.74, 6) is 0.459. The highest BCUT2D eigenvalue weighted by Crippen LogP contribution is 2.29. The minimum atomic E-state index is -0.452. The van der Waals surface area contributed by atoms with Gasteiger partial charge in [-0.05, 0) is 19.8 Å². The molecule has 7 nitrogen and oxygen atoms in total. The van der Waals surface area contributed by atoms with Crippen molar-refractivity contribution in [3.63, 3.8) is 0 Å². The maximum Gasteiger partial charge on any atom is 0.311 e. The summed E-state index contributed by atoms with van der Waals surface area (Å²) in [6.07, 6.45) is 0.611. The molecular weight excluding hydrogens is 270 g/mol. The van der Waals surface area contributed by atoms with Crippen molar-refractivity contribution in [3.8, 4) is 0 Å². The van der Waals surface area contributed by atoms with Gasteiger partial charge < -0.3 is 14.8 Å². The van der Waals surface area contributed by atoms with Crippen molar-refractivity contribution >= 4 is 21.7 Å². The molecule has 0 bridgehead atoms. The molecule has 1 fully saturated rings. The van der Waals surface area contributed by atoms with Gasteiger partial charge in [-0.2, -0.15) is 0 Å². The third-order valence-corrected chi connectivity index (χ3v) is 4.11. The molecule has 0 aliphatic carbocycles.